The molecule has 28 heavy (non-hydrogen) atoms. The molecule has 1 aromatic rings. The van der Waals surface area contributed by atoms with Crippen molar-refractivity contribution in [3.63, 3.8) is 0 Å². The first kappa shape index (κ1) is 24.9. The van der Waals surface area contributed by atoms with Gasteiger partial charge in [-0.05, 0) is 62.7 Å². The molecule has 5 nitrogen and oxygen atoms in total. The highest BCUT2D eigenvalue weighted by molar-refractivity contribution is 5.85. The summed E-state index contributed by atoms with van der Waals surface area (Å²) >= 11 is 0. The number of nitrogens with zero attached hydrogens (tertiary/aromatic N) is 1. The third kappa shape index (κ3) is 7.02. The number of nitrogens with one attached hydrogen (secondary N) is 2. The van der Waals surface area contributed by atoms with Gasteiger partial charge in [0.25, 0.3) is 0 Å². The third-order valence-corrected chi connectivity index (χ3v) is 5.85. The number of anilines is 1. The van der Waals surface area contributed by atoms with E-state index < -0.39 is 0 Å². The summed E-state index contributed by atoms with van der Waals surface area (Å²) in [4.78, 5) is 14.9. The molecule has 0 aromatic heterocycles. The van der Waals surface area contributed by atoms with E-state index in [0.29, 0.717) is 18.3 Å². The van der Waals surface area contributed by atoms with Crippen LogP contribution in [-0.4, -0.2) is 45.2 Å². The van der Waals surface area contributed by atoms with E-state index in [0.717, 1.165) is 44.8 Å². The lowest BCUT2D eigenvalue weighted by molar-refractivity contribution is -0.123. The van der Waals surface area contributed by atoms with Gasteiger partial charge in [0.2, 0.25) is 5.91 Å². The molecule has 2 fully saturated rings. The molecule has 3 unspecified atom stereocenters. The number of carbonyl (C=O) groups is 1. The van der Waals surface area contributed by atoms with E-state index in [1.165, 1.54) is 18.5 Å². The summed E-state index contributed by atoms with van der Waals surface area (Å²) in [5.74, 6) is 2.17. The Kier molecular flexibility index (Phi) is 11.0. The fourth-order valence-electron chi connectivity index (χ4n) is 4.25. The second kappa shape index (κ2) is 12.4. The molecular formula is C21H35Cl2N3O2. The molecule has 0 saturated carbocycles. The molecule has 160 valence electrons. The normalized spacial score (nSPS) is 23.0. The van der Waals surface area contributed by atoms with Gasteiger partial charge in [-0.15, -0.1) is 24.8 Å². The quantitative estimate of drug-likeness (QED) is 0.721. The van der Waals surface area contributed by atoms with Crippen LogP contribution in [0.1, 0.15) is 39.0 Å². The second-order valence-corrected chi connectivity index (χ2v) is 7.84. The first-order valence-electron chi connectivity index (χ1n) is 10.0. The number of benzene rings is 1. The van der Waals surface area contributed by atoms with Gasteiger partial charge in [0, 0.05) is 37.3 Å². The van der Waals surface area contributed by atoms with Gasteiger partial charge >= 0.3 is 0 Å². The fourth-order valence-corrected chi connectivity index (χ4v) is 4.25. The van der Waals surface area contributed by atoms with Gasteiger partial charge in [0.1, 0.15) is 5.75 Å². The molecule has 1 aromatic carbocycles. The van der Waals surface area contributed by atoms with Crippen molar-refractivity contribution in [2.75, 3.05) is 38.2 Å². The Hall–Kier alpha value is -1.17. The summed E-state index contributed by atoms with van der Waals surface area (Å²) in [7, 11) is 1.70. The van der Waals surface area contributed by atoms with Crippen molar-refractivity contribution in [2.45, 2.75) is 45.1 Å². The van der Waals surface area contributed by atoms with Crippen molar-refractivity contribution in [1.29, 1.82) is 0 Å². The summed E-state index contributed by atoms with van der Waals surface area (Å²) in [6, 6.07) is 8.41. The van der Waals surface area contributed by atoms with E-state index >= 15 is 0 Å². The maximum atomic E-state index is 12.5. The van der Waals surface area contributed by atoms with Gasteiger partial charge in [-0.25, -0.2) is 0 Å². The van der Waals surface area contributed by atoms with Crippen LogP contribution < -0.4 is 20.3 Å². The Morgan fingerprint density at radius 3 is 2.86 bits per heavy atom. The Labute approximate surface area is 181 Å². The van der Waals surface area contributed by atoms with Crippen LogP contribution in [0, 0.1) is 11.8 Å². The SMILES string of the molecule is COc1cccc(N2CCCC(NC(=O)CC(C)C3CCCNC3)C2)c1.Cl.Cl. The molecule has 3 atom stereocenters. The number of hydrogen-bond donors (Lipinski definition) is 2. The number of methoxy groups -OCH3 is 1. The molecule has 2 heterocycles. The Morgan fingerprint density at radius 2 is 2.14 bits per heavy atom. The summed E-state index contributed by atoms with van der Waals surface area (Å²) in [5, 5.41) is 6.74. The number of ether oxygens (including phenoxy) is 1. The lowest BCUT2D eigenvalue weighted by Crippen LogP contribution is -2.48. The Morgan fingerprint density at radius 1 is 1.32 bits per heavy atom. The van der Waals surface area contributed by atoms with Crippen molar-refractivity contribution in [2.24, 2.45) is 11.8 Å². The first-order chi connectivity index (χ1) is 12.7. The van der Waals surface area contributed by atoms with Gasteiger partial charge in [-0.3, -0.25) is 4.79 Å². The van der Waals surface area contributed by atoms with Gasteiger partial charge < -0.3 is 20.3 Å². The van der Waals surface area contributed by atoms with Gasteiger partial charge in [-0.1, -0.05) is 13.0 Å². The number of carbonyl (C=O) groups excluding carboxylic acids is 1. The number of hydrogen-bond acceptors (Lipinski definition) is 4. The summed E-state index contributed by atoms with van der Waals surface area (Å²) in [6.07, 6.45) is 5.28. The van der Waals surface area contributed by atoms with Crippen molar-refractivity contribution < 1.29 is 9.53 Å². The maximum Gasteiger partial charge on any atom is 0.220 e. The first-order valence-corrected chi connectivity index (χ1v) is 10.0. The van der Waals surface area contributed by atoms with Crippen LogP contribution in [0.4, 0.5) is 5.69 Å². The largest absolute Gasteiger partial charge is 0.497 e. The molecule has 3 rings (SSSR count). The van der Waals surface area contributed by atoms with Crippen molar-refractivity contribution in [3.05, 3.63) is 24.3 Å². The van der Waals surface area contributed by atoms with E-state index in [9.17, 15) is 4.79 Å². The number of amides is 1. The second-order valence-electron chi connectivity index (χ2n) is 7.84. The van der Waals surface area contributed by atoms with Crippen molar-refractivity contribution in [1.82, 2.24) is 10.6 Å². The van der Waals surface area contributed by atoms with E-state index in [1.54, 1.807) is 7.11 Å². The van der Waals surface area contributed by atoms with Crippen LogP contribution in [0.2, 0.25) is 0 Å². The minimum absolute atomic E-state index is 0. The lowest BCUT2D eigenvalue weighted by Gasteiger charge is -2.35. The Bertz CT molecular complexity index is 597. The molecule has 2 aliphatic rings. The van der Waals surface area contributed by atoms with Crippen LogP contribution in [0.5, 0.6) is 5.75 Å². The molecule has 0 radical (unpaired) electrons. The highest BCUT2D eigenvalue weighted by Gasteiger charge is 2.25. The molecule has 0 spiro atoms. The number of halogens is 2. The minimum atomic E-state index is 0. The van der Waals surface area contributed by atoms with Crippen LogP contribution in [0.25, 0.3) is 0 Å². The molecule has 2 aliphatic heterocycles. The molecular weight excluding hydrogens is 397 g/mol. The lowest BCUT2D eigenvalue weighted by atomic mass is 9.85. The van der Waals surface area contributed by atoms with E-state index in [4.69, 9.17) is 4.74 Å². The fraction of sp³-hybridized carbons (Fsp3) is 0.667. The zero-order chi connectivity index (χ0) is 18.4. The van der Waals surface area contributed by atoms with Crippen molar-refractivity contribution >= 4 is 36.4 Å². The molecule has 0 aliphatic carbocycles. The highest BCUT2D eigenvalue weighted by atomic mass is 35.5. The standard InChI is InChI=1S/C21H33N3O2.2ClH/c1-16(17-6-4-10-22-14-17)12-21(25)23-18-7-5-11-24(15-18)19-8-3-9-20(13-19)26-2;;/h3,8-9,13,16-18,22H,4-7,10-12,14-15H2,1-2H3,(H,23,25);2*1H. The summed E-state index contributed by atoms with van der Waals surface area (Å²) in [5.41, 5.74) is 1.17. The summed E-state index contributed by atoms with van der Waals surface area (Å²) < 4.78 is 5.34. The molecule has 2 N–H and O–H groups in total. The van der Waals surface area contributed by atoms with Crippen LogP contribution in [0.3, 0.4) is 0 Å². The smallest absolute Gasteiger partial charge is 0.220 e. The molecule has 1 amide bonds. The minimum Gasteiger partial charge on any atom is -0.497 e. The van der Waals surface area contributed by atoms with Crippen LogP contribution in [-0.2, 0) is 4.79 Å². The number of rotatable bonds is 6. The number of piperidine rings is 2. The monoisotopic (exact) mass is 431 g/mol. The highest BCUT2D eigenvalue weighted by Crippen LogP contribution is 2.25. The van der Waals surface area contributed by atoms with Crippen LogP contribution >= 0.6 is 24.8 Å². The predicted octanol–water partition coefficient (Wildman–Crippen LogP) is 3.65. The Balaban J connectivity index is 0.00000196. The van der Waals surface area contributed by atoms with Crippen molar-refractivity contribution in [3.8, 4) is 5.75 Å². The average Bonchev–Trinajstić information content (AvgIpc) is 2.69. The zero-order valence-electron chi connectivity index (χ0n) is 17.0. The zero-order valence-corrected chi connectivity index (χ0v) is 18.6. The predicted molar refractivity (Wildman–Crippen MR) is 120 cm³/mol. The topological polar surface area (TPSA) is 53.6 Å². The third-order valence-electron chi connectivity index (χ3n) is 5.85. The maximum absolute atomic E-state index is 12.5. The van der Waals surface area contributed by atoms with E-state index in [2.05, 4.69) is 34.6 Å². The van der Waals surface area contributed by atoms with E-state index in [1.807, 2.05) is 12.1 Å². The van der Waals surface area contributed by atoms with Gasteiger partial charge in [-0.2, -0.15) is 0 Å². The molecule has 0 bridgehead atoms. The van der Waals surface area contributed by atoms with Crippen LogP contribution in [0.15, 0.2) is 24.3 Å². The van der Waals surface area contributed by atoms with E-state index in [-0.39, 0.29) is 36.8 Å². The molecule has 7 heteroatoms. The molecule has 2 saturated heterocycles. The summed E-state index contributed by atoms with van der Waals surface area (Å²) in [6.45, 7) is 6.31. The van der Waals surface area contributed by atoms with Gasteiger partial charge in [0.05, 0.1) is 7.11 Å². The average molecular weight is 432 g/mol. The van der Waals surface area contributed by atoms with Gasteiger partial charge in [0.15, 0.2) is 0 Å².